The van der Waals surface area contributed by atoms with Crippen molar-refractivity contribution in [3.63, 3.8) is 0 Å². The molecule has 2 aromatic heterocycles. The number of unbranched alkanes of at least 4 members (excludes halogenated alkanes) is 1. The smallest absolute Gasteiger partial charge is 0.326 e. The second-order valence-corrected chi connectivity index (χ2v) is 11.3. The first kappa shape index (κ1) is 32.7. The zero-order valence-corrected chi connectivity index (χ0v) is 26.3. The third-order valence-corrected chi connectivity index (χ3v) is 7.30. The van der Waals surface area contributed by atoms with Crippen LogP contribution in [0.5, 0.6) is 5.75 Å². The van der Waals surface area contributed by atoms with Gasteiger partial charge >= 0.3 is 12.0 Å². The number of ether oxygens (including phenoxy) is 2. The summed E-state index contributed by atoms with van der Waals surface area (Å²) in [4.78, 5) is 46.6. The number of nitrogens with zero attached hydrogens (tertiary/aromatic N) is 3. The van der Waals surface area contributed by atoms with E-state index < -0.39 is 11.6 Å². The Morgan fingerprint density at radius 2 is 1.73 bits per heavy atom. The minimum atomic E-state index is -0.457. The van der Waals surface area contributed by atoms with Gasteiger partial charge in [-0.2, -0.15) is 5.26 Å². The van der Waals surface area contributed by atoms with Gasteiger partial charge in [-0.3, -0.25) is 14.5 Å². The number of urea groups is 1. The lowest BCUT2D eigenvalue weighted by Crippen LogP contribution is -2.39. The first-order valence-electron chi connectivity index (χ1n) is 15.1. The lowest BCUT2D eigenvalue weighted by molar-refractivity contribution is -0.141. The van der Waals surface area contributed by atoms with E-state index in [1.165, 1.54) is 11.8 Å². The van der Waals surface area contributed by atoms with E-state index in [4.69, 9.17) is 14.7 Å². The number of pyridine rings is 2. The number of H-pyrrole nitrogens is 1. The molecule has 2 amide bonds. The van der Waals surface area contributed by atoms with Crippen LogP contribution in [-0.2, 0) is 9.53 Å². The largest absolute Gasteiger partial charge is 0.490 e. The molecule has 0 spiro atoms. The standard InChI is InChI=1S/C35H39N5O5/c1-22(2)29-19-27(25-10-8-12-28(18-25)45-17-16-44-24(5)41)20-30(23(3)4)32(29)38-35(43)40(15-7-6-13-36)31-21-26-11-9-14-37-33(26)39-34(31)42/h8-12,14,18-23H,6-7,15-17H2,1-5H3,(H,38,43)(H,37,39,42). The molecule has 10 heteroatoms. The fraction of sp³-hybridized carbons (Fsp3) is 0.343. The first-order chi connectivity index (χ1) is 21.6. The maximum atomic E-state index is 14.0. The van der Waals surface area contributed by atoms with E-state index in [0.29, 0.717) is 28.9 Å². The summed E-state index contributed by atoms with van der Waals surface area (Å²) < 4.78 is 10.8. The minimum absolute atomic E-state index is 0.0584. The molecule has 0 unspecified atom stereocenters. The number of carbonyl (C=O) groups excluding carboxylic acids is 2. The van der Waals surface area contributed by atoms with Crippen LogP contribution in [-0.4, -0.2) is 41.7 Å². The van der Waals surface area contributed by atoms with Gasteiger partial charge in [-0.15, -0.1) is 0 Å². The predicted molar refractivity (Wildman–Crippen MR) is 176 cm³/mol. The van der Waals surface area contributed by atoms with Crippen molar-refractivity contribution in [2.75, 3.05) is 30.0 Å². The van der Waals surface area contributed by atoms with Crippen LogP contribution in [0, 0.1) is 11.3 Å². The summed E-state index contributed by atoms with van der Waals surface area (Å²) in [5.74, 6) is 0.415. The molecule has 10 nitrogen and oxygen atoms in total. The Kier molecular flexibility index (Phi) is 10.9. The number of nitrogens with one attached hydrogen (secondary N) is 2. The lowest BCUT2D eigenvalue weighted by Gasteiger charge is -2.26. The third-order valence-electron chi connectivity index (χ3n) is 7.30. The van der Waals surface area contributed by atoms with Gasteiger partial charge in [0.05, 0.1) is 6.07 Å². The Morgan fingerprint density at radius 1 is 1.00 bits per heavy atom. The van der Waals surface area contributed by atoms with Gasteiger partial charge in [0.2, 0.25) is 0 Å². The molecule has 0 bridgehead atoms. The van der Waals surface area contributed by atoms with Crippen molar-refractivity contribution in [3.05, 3.63) is 82.3 Å². The molecule has 0 saturated heterocycles. The highest BCUT2D eigenvalue weighted by atomic mass is 16.6. The molecule has 4 aromatic rings. The van der Waals surface area contributed by atoms with Gasteiger partial charge in [0.1, 0.15) is 30.3 Å². The Labute approximate surface area is 263 Å². The van der Waals surface area contributed by atoms with Crippen LogP contribution in [0.15, 0.2) is 65.6 Å². The van der Waals surface area contributed by atoms with E-state index >= 15 is 0 Å². The van der Waals surface area contributed by atoms with Crippen molar-refractivity contribution in [2.45, 2.75) is 59.3 Å². The molecule has 0 aliphatic rings. The number of aromatic amines is 1. The first-order valence-corrected chi connectivity index (χ1v) is 15.1. The molecular formula is C35H39N5O5. The van der Waals surface area contributed by atoms with Gasteiger partial charge in [0, 0.05) is 37.2 Å². The Morgan fingerprint density at radius 3 is 2.40 bits per heavy atom. The zero-order valence-electron chi connectivity index (χ0n) is 26.3. The molecule has 2 heterocycles. The molecule has 0 atom stereocenters. The Bertz CT molecular complexity index is 1740. The van der Waals surface area contributed by atoms with Gasteiger partial charge in [-0.25, -0.2) is 9.78 Å². The summed E-state index contributed by atoms with van der Waals surface area (Å²) in [5.41, 5.74) is 4.68. The van der Waals surface area contributed by atoms with Crippen LogP contribution < -0.4 is 20.5 Å². The molecule has 234 valence electrons. The second-order valence-electron chi connectivity index (χ2n) is 11.3. The molecule has 0 fully saturated rings. The topological polar surface area (TPSA) is 137 Å². The number of esters is 1. The van der Waals surface area contributed by atoms with Crippen LogP contribution in [0.3, 0.4) is 0 Å². The second kappa shape index (κ2) is 15.0. The number of anilines is 2. The number of carbonyl (C=O) groups is 2. The van der Waals surface area contributed by atoms with Gasteiger partial charge in [0.15, 0.2) is 0 Å². The van der Waals surface area contributed by atoms with Gasteiger partial charge in [-0.1, -0.05) is 39.8 Å². The molecule has 0 radical (unpaired) electrons. The number of nitriles is 1. The number of fused-ring (bicyclic) bond motifs is 1. The van der Waals surface area contributed by atoms with Gasteiger partial charge in [-0.05, 0) is 83.0 Å². The third kappa shape index (κ3) is 8.26. The number of aromatic nitrogens is 2. The highest BCUT2D eigenvalue weighted by molar-refractivity contribution is 6.03. The van der Waals surface area contributed by atoms with Crippen LogP contribution >= 0.6 is 0 Å². The summed E-state index contributed by atoms with van der Waals surface area (Å²) in [7, 11) is 0. The average molecular weight is 610 g/mol. The van der Waals surface area contributed by atoms with E-state index in [0.717, 1.165) is 22.3 Å². The average Bonchev–Trinajstić information content (AvgIpc) is 3.01. The summed E-state index contributed by atoms with van der Waals surface area (Å²) in [6, 6.07) is 18.7. The van der Waals surface area contributed by atoms with Crippen LogP contribution in [0.4, 0.5) is 16.2 Å². The number of hydrogen-bond acceptors (Lipinski definition) is 7. The van der Waals surface area contributed by atoms with Crippen LogP contribution in [0.2, 0.25) is 0 Å². The quantitative estimate of drug-likeness (QED) is 0.129. The van der Waals surface area contributed by atoms with E-state index in [1.807, 2.05) is 30.3 Å². The highest BCUT2D eigenvalue weighted by Gasteiger charge is 2.24. The van der Waals surface area contributed by atoms with E-state index in [-0.39, 0.29) is 49.7 Å². The van der Waals surface area contributed by atoms with Crippen LogP contribution in [0.25, 0.3) is 22.2 Å². The molecule has 45 heavy (non-hydrogen) atoms. The van der Waals surface area contributed by atoms with E-state index in [2.05, 4.69) is 61.2 Å². The van der Waals surface area contributed by atoms with Crippen molar-refractivity contribution in [1.29, 1.82) is 5.26 Å². The molecule has 0 aliphatic carbocycles. The number of rotatable bonds is 12. The number of benzene rings is 2. The summed E-state index contributed by atoms with van der Waals surface area (Å²) >= 11 is 0. The lowest BCUT2D eigenvalue weighted by atomic mass is 9.88. The Hall–Kier alpha value is -5.17. The van der Waals surface area contributed by atoms with Crippen molar-refractivity contribution in [3.8, 4) is 22.9 Å². The molecular weight excluding hydrogens is 570 g/mol. The maximum absolute atomic E-state index is 14.0. The van der Waals surface area contributed by atoms with Gasteiger partial charge in [0.25, 0.3) is 5.56 Å². The fourth-order valence-electron chi connectivity index (χ4n) is 5.07. The van der Waals surface area contributed by atoms with Crippen molar-refractivity contribution in [2.24, 2.45) is 0 Å². The SMILES string of the molecule is CC(=O)OCCOc1cccc(-c2cc(C(C)C)c(NC(=O)N(CCCC#N)c3cc4cccnc4[nH]c3=O)c(C(C)C)c2)c1. The molecule has 0 aliphatic heterocycles. The highest BCUT2D eigenvalue weighted by Crippen LogP contribution is 2.38. The summed E-state index contributed by atoms with van der Waals surface area (Å²) in [5, 5.41) is 13.0. The number of amides is 2. The zero-order chi connectivity index (χ0) is 32.5. The predicted octanol–water partition coefficient (Wildman–Crippen LogP) is 7.12. The summed E-state index contributed by atoms with van der Waals surface area (Å²) in [6.07, 6.45) is 2.24. The van der Waals surface area contributed by atoms with Crippen molar-refractivity contribution < 1.29 is 19.1 Å². The number of hydrogen-bond donors (Lipinski definition) is 2. The minimum Gasteiger partial charge on any atom is -0.490 e. The van der Waals surface area contributed by atoms with Crippen molar-refractivity contribution >= 4 is 34.4 Å². The molecule has 4 rings (SSSR count). The normalized spacial score (nSPS) is 11.0. The Balaban J connectivity index is 1.71. The molecule has 2 N–H and O–H groups in total. The maximum Gasteiger partial charge on any atom is 0.326 e. The summed E-state index contributed by atoms with van der Waals surface area (Å²) in [6.45, 7) is 10.2. The molecule has 2 aromatic carbocycles. The van der Waals surface area contributed by atoms with Crippen LogP contribution in [0.1, 0.15) is 70.4 Å². The van der Waals surface area contributed by atoms with Gasteiger partial charge < -0.3 is 19.8 Å². The molecule has 0 saturated carbocycles. The van der Waals surface area contributed by atoms with E-state index in [1.54, 1.807) is 18.3 Å². The van der Waals surface area contributed by atoms with E-state index in [9.17, 15) is 14.4 Å². The monoisotopic (exact) mass is 609 g/mol. The van der Waals surface area contributed by atoms with Crippen molar-refractivity contribution in [1.82, 2.24) is 9.97 Å². The fourth-order valence-corrected chi connectivity index (χ4v) is 5.07.